The third kappa shape index (κ3) is 7.78. The van der Waals surface area contributed by atoms with Crippen LogP contribution in [0.25, 0.3) is 16.8 Å². The smallest absolute Gasteiger partial charge is 0.378 e. The lowest BCUT2D eigenvalue weighted by Crippen LogP contribution is -2.37. The summed E-state index contributed by atoms with van der Waals surface area (Å²) in [5.74, 6) is 0.0975. The maximum atomic E-state index is 13.1. The molecular weight excluding hydrogens is 575 g/mol. The minimum atomic E-state index is -4.56. The van der Waals surface area contributed by atoms with E-state index in [1.54, 1.807) is 41.6 Å². The molecule has 3 N–H and O–H groups in total. The van der Waals surface area contributed by atoms with Crippen molar-refractivity contribution in [3.8, 4) is 11.3 Å². The molecule has 1 saturated heterocycles. The molecule has 5 rings (SSSR count). The van der Waals surface area contributed by atoms with E-state index in [9.17, 15) is 22.8 Å². The van der Waals surface area contributed by atoms with Gasteiger partial charge in [-0.2, -0.15) is 13.2 Å². The van der Waals surface area contributed by atoms with E-state index < -0.39 is 17.7 Å². The zero-order valence-electron chi connectivity index (χ0n) is 24.1. The molecule has 0 atom stereocenters. The second-order valence-electron chi connectivity index (χ2n) is 10.5. The fraction of sp³-hybridized carbons (Fsp3) is 0.323. The molecule has 4 heterocycles. The minimum Gasteiger partial charge on any atom is -0.378 e. The Kier molecular flexibility index (Phi) is 9.23. The Morgan fingerprint density at radius 1 is 1.05 bits per heavy atom. The molecule has 2 aromatic heterocycles. The van der Waals surface area contributed by atoms with Gasteiger partial charge in [0, 0.05) is 61.5 Å². The van der Waals surface area contributed by atoms with E-state index in [-0.39, 0.29) is 18.3 Å². The highest BCUT2D eigenvalue weighted by Gasteiger charge is 2.30. The molecule has 0 bridgehead atoms. The molecular formula is C31H32F3N7O3. The predicted octanol–water partition coefficient (Wildman–Crippen LogP) is 4.26. The Hall–Kier alpha value is -4.78. The van der Waals surface area contributed by atoms with Crippen molar-refractivity contribution in [3.05, 3.63) is 77.6 Å². The van der Waals surface area contributed by atoms with Crippen LogP contribution in [0.5, 0.6) is 0 Å². The molecule has 3 aromatic rings. The summed E-state index contributed by atoms with van der Waals surface area (Å²) >= 11 is 0. The van der Waals surface area contributed by atoms with Crippen LogP contribution in [0.15, 0.2) is 66.5 Å². The zero-order chi connectivity index (χ0) is 31.3. The Morgan fingerprint density at radius 2 is 1.75 bits per heavy atom. The Morgan fingerprint density at radius 3 is 2.39 bits per heavy atom. The number of nitrogens with one attached hydrogen (secondary N) is 1. The lowest BCUT2D eigenvalue weighted by Gasteiger charge is -2.30. The van der Waals surface area contributed by atoms with E-state index in [1.165, 1.54) is 0 Å². The topological polar surface area (TPSA) is 127 Å². The molecule has 0 spiro atoms. The molecule has 230 valence electrons. The zero-order valence-corrected chi connectivity index (χ0v) is 24.1. The van der Waals surface area contributed by atoms with Crippen molar-refractivity contribution in [2.45, 2.75) is 25.9 Å². The maximum Gasteiger partial charge on any atom is 0.412 e. The molecule has 0 unspecified atom stereocenters. The van der Waals surface area contributed by atoms with Crippen LogP contribution < -0.4 is 16.0 Å². The summed E-state index contributed by atoms with van der Waals surface area (Å²) in [5, 5.41) is 2.41. The van der Waals surface area contributed by atoms with Crippen LogP contribution in [0.3, 0.4) is 0 Å². The summed E-state index contributed by atoms with van der Waals surface area (Å²) in [6.45, 7) is 4.54. The first-order valence-electron chi connectivity index (χ1n) is 14.1. The Labute approximate surface area is 252 Å². The number of carbonyl (C=O) groups excluding carboxylic acids is 2. The summed E-state index contributed by atoms with van der Waals surface area (Å²) in [4.78, 5) is 42.0. The number of nitrogens with two attached hydrogens (primary N) is 1. The normalized spacial score (nSPS) is 16.0. The van der Waals surface area contributed by atoms with Gasteiger partial charge in [0.25, 0.3) is 0 Å². The molecule has 10 nitrogen and oxygen atoms in total. The van der Waals surface area contributed by atoms with Crippen LogP contribution in [0.4, 0.5) is 30.6 Å². The number of amides is 2. The van der Waals surface area contributed by atoms with Gasteiger partial charge in [0.15, 0.2) is 0 Å². The largest absolute Gasteiger partial charge is 0.412 e. The first-order valence-corrected chi connectivity index (χ1v) is 14.1. The van der Waals surface area contributed by atoms with E-state index in [4.69, 9.17) is 15.5 Å². The van der Waals surface area contributed by atoms with Gasteiger partial charge in [0.1, 0.15) is 5.82 Å². The molecule has 1 aromatic carbocycles. The van der Waals surface area contributed by atoms with Crippen LogP contribution in [-0.2, 0) is 20.7 Å². The highest BCUT2D eigenvalue weighted by Crippen LogP contribution is 2.30. The van der Waals surface area contributed by atoms with Gasteiger partial charge >= 0.3 is 6.18 Å². The Balaban J connectivity index is 1.24. The predicted molar refractivity (Wildman–Crippen MR) is 160 cm³/mol. The number of aromatic nitrogens is 3. The molecule has 0 saturated carbocycles. The van der Waals surface area contributed by atoms with Crippen molar-refractivity contribution in [2.75, 3.05) is 55.3 Å². The molecule has 0 aliphatic carbocycles. The average Bonchev–Trinajstić information content (AvgIpc) is 3.02. The minimum absolute atomic E-state index is 0.0516. The quantitative estimate of drug-likeness (QED) is 0.382. The van der Waals surface area contributed by atoms with E-state index in [1.807, 2.05) is 6.07 Å². The first-order chi connectivity index (χ1) is 21.0. The van der Waals surface area contributed by atoms with Gasteiger partial charge in [-0.15, -0.1) is 0 Å². The average molecular weight is 608 g/mol. The van der Waals surface area contributed by atoms with Gasteiger partial charge < -0.3 is 25.6 Å². The number of allylic oxidation sites excluding steroid dienone is 1. The SMILES string of the molecule is C/C(=C/C(=O)Nc1ccc(CC(=O)N2CC=C(c3cc(-c4cnc(N)nc4)nc(N4CCOCC4)c3)CC2)cc1)C(F)(F)F. The number of hydrogen-bond donors (Lipinski definition) is 2. The van der Waals surface area contributed by atoms with Gasteiger partial charge in [-0.05, 0) is 54.3 Å². The van der Waals surface area contributed by atoms with Crippen LogP contribution in [0, 0.1) is 0 Å². The van der Waals surface area contributed by atoms with Crippen LogP contribution in [0.2, 0.25) is 0 Å². The number of nitrogen functional groups attached to an aromatic ring is 1. The Bertz CT molecular complexity index is 1570. The van der Waals surface area contributed by atoms with Gasteiger partial charge in [-0.1, -0.05) is 18.2 Å². The number of anilines is 3. The number of halogens is 3. The highest BCUT2D eigenvalue weighted by molar-refractivity contribution is 5.99. The van der Waals surface area contributed by atoms with Crippen molar-refractivity contribution < 1.29 is 27.5 Å². The van der Waals surface area contributed by atoms with Crippen molar-refractivity contribution in [1.29, 1.82) is 0 Å². The molecule has 0 radical (unpaired) electrons. The summed E-state index contributed by atoms with van der Waals surface area (Å²) in [6, 6.07) is 10.5. The maximum absolute atomic E-state index is 13.1. The van der Waals surface area contributed by atoms with Crippen molar-refractivity contribution in [3.63, 3.8) is 0 Å². The molecule has 2 aliphatic heterocycles. The van der Waals surface area contributed by atoms with Gasteiger partial charge in [0.05, 0.1) is 25.3 Å². The number of morpholine rings is 1. The van der Waals surface area contributed by atoms with Crippen LogP contribution in [0.1, 0.15) is 24.5 Å². The monoisotopic (exact) mass is 607 g/mol. The number of rotatable bonds is 7. The van der Waals surface area contributed by atoms with Crippen LogP contribution in [-0.4, -0.2) is 77.2 Å². The molecule has 2 aliphatic rings. The fourth-order valence-electron chi connectivity index (χ4n) is 4.88. The number of benzene rings is 1. The number of alkyl halides is 3. The molecule has 44 heavy (non-hydrogen) atoms. The number of pyridine rings is 1. The standard InChI is InChI=1S/C31H32F3N7O3/c1-20(31(32,33)34)14-28(42)38-25-4-2-21(3-5-25)15-29(43)41-8-6-22(7-9-41)23-16-26(24-18-36-30(35)37-19-24)39-27(17-23)40-10-12-44-13-11-40/h2-6,14,16-19H,7-13,15H2,1H3,(H,38,42)(H2,35,36,37)/b20-14-. The highest BCUT2D eigenvalue weighted by atomic mass is 19.4. The second-order valence-corrected chi connectivity index (χ2v) is 10.5. The fourth-order valence-corrected chi connectivity index (χ4v) is 4.88. The van der Waals surface area contributed by atoms with Gasteiger partial charge in [0.2, 0.25) is 17.8 Å². The summed E-state index contributed by atoms with van der Waals surface area (Å²) in [7, 11) is 0. The first kappa shape index (κ1) is 30.7. The number of ether oxygens (including phenoxy) is 1. The number of nitrogens with zero attached hydrogens (tertiary/aromatic N) is 5. The third-order valence-corrected chi connectivity index (χ3v) is 7.42. The van der Waals surface area contributed by atoms with E-state index in [0.29, 0.717) is 44.5 Å². The van der Waals surface area contributed by atoms with Gasteiger partial charge in [-0.3, -0.25) is 9.59 Å². The summed E-state index contributed by atoms with van der Waals surface area (Å²) in [6.07, 6.45) is 2.12. The summed E-state index contributed by atoms with van der Waals surface area (Å²) in [5.41, 5.74) is 9.35. The second kappa shape index (κ2) is 13.2. The molecule has 1 fully saturated rings. The van der Waals surface area contributed by atoms with Crippen molar-refractivity contribution in [2.24, 2.45) is 0 Å². The van der Waals surface area contributed by atoms with Crippen LogP contribution >= 0.6 is 0 Å². The van der Waals surface area contributed by atoms with Crippen molar-refractivity contribution in [1.82, 2.24) is 19.9 Å². The van der Waals surface area contributed by atoms with E-state index in [0.717, 1.165) is 53.8 Å². The van der Waals surface area contributed by atoms with Gasteiger partial charge in [-0.25, -0.2) is 15.0 Å². The lowest BCUT2D eigenvalue weighted by molar-refractivity contribution is -0.130. The number of hydrogen-bond acceptors (Lipinski definition) is 8. The number of carbonyl (C=O) groups is 2. The van der Waals surface area contributed by atoms with Crippen molar-refractivity contribution >= 4 is 34.8 Å². The molecule has 13 heteroatoms. The third-order valence-electron chi connectivity index (χ3n) is 7.42. The lowest BCUT2D eigenvalue weighted by atomic mass is 9.98. The molecule has 2 amide bonds. The van der Waals surface area contributed by atoms with E-state index in [2.05, 4.69) is 32.3 Å². The summed E-state index contributed by atoms with van der Waals surface area (Å²) < 4.78 is 43.5. The van der Waals surface area contributed by atoms with E-state index >= 15 is 0 Å².